The second kappa shape index (κ2) is 9.31. The Bertz CT molecular complexity index is 1250. The Morgan fingerprint density at radius 2 is 1.88 bits per heavy atom. The van der Waals surface area contributed by atoms with Gasteiger partial charge in [-0.3, -0.25) is 4.79 Å². The van der Waals surface area contributed by atoms with E-state index < -0.39 is 0 Å². The summed E-state index contributed by atoms with van der Waals surface area (Å²) in [7, 11) is 0. The van der Waals surface area contributed by atoms with Gasteiger partial charge in [0.1, 0.15) is 11.6 Å². The highest BCUT2D eigenvalue weighted by Crippen LogP contribution is 2.30. The van der Waals surface area contributed by atoms with Crippen LogP contribution in [0.25, 0.3) is 16.7 Å². The number of hydrogen-bond donors (Lipinski definition) is 0. The first kappa shape index (κ1) is 21.6. The van der Waals surface area contributed by atoms with Gasteiger partial charge in [-0.25, -0.2) is 14.6 Å². The van der Waals surface area contributed by atoms with Crippen molar-refractivity contribution in [2.24, 2.45) is 0 Å². The standard InChI is InChI=1S/C25H28N6OS/c1-3-9-21-26-23(22-18(2)28-31(24(22)27-21)19-10-5-4-6-11-19)29-13-8-14-30(16-15-29)25(32)20-12-7-17-33-20/h4-7,10-12,17H,3,8-9,13-16H2,1-2H3. The molecule has 8 heteroatoms. The van der Waals surface area contributed by atoms with Gasteiger partial charge in [-0.15, -0.1) is 11.3 Å². The number of carbonyl (C=O) groups is 1. The summed E-state index contributed by atoms with van der Waals surface area (Å²) in [6.45, 7) is 7.20. The molecule has 0 radical (unpaired) electrons. The predicted molar refractivity (Wildman–Crippen MR) is 132 cm³/mol. The van der Waals surface area contributed by atoms with Crippen molar-refractivity contribution in [1.82, 2.24) is 24.6 Å². The zero-order valence-electron chi connectivity index (χ0n) is 19.1. The summed E-state index contributed by atoms with van der Waals surface area (Å²) < 4.78 is 1.93. The third-order valence-electron chi connectivity index (χ3n) is 6.02. The van der Waals surface area contributed by atoms with Gasteiger partial charge in [0, 0.05) is 32.6 Å². The number of carbonyl (C=O) groups excluding carboxylic acids is 1. The Morgan fingerprint density at radius 1 is 1.03 bits per heavy atom. The molecule has 1 aromatic carbocycles. The van der Waals surface area contributed by atoms with Gasteiger partial charge in [-0.1, -0.05) is 31.2 Å². The van der Waals surface area contributed by atoms with E-state index in [4.69, 9.17) is 15.1 Å². The van der Waals surface area contributed by atoms with Crippen LogP contribution in [-0.4, -0.2) is 56.7 Å². The van der Waals surface area contributed by atoms with Crippen molar-refractivity contribution < 1.29 is 4.79 Å². The first-order valence-electron chi connectivity index (χ1n) is 11.5. The third kappa shape index (κ3) is 4.23. The molecule has 0 saturated carbocycles. The van der Waals surface area contributed by atoms with Crippen LogP contribution in [0.15, 0.2) is 47.8 Å². The van der Waals surface area contributed by atoms with E-state index in [0.717, 1.165) is 77.8 Å². The highest BCUT2D eigenvalue weighted by Gasteiger charge is 2.25. The summed E-state index contributed by atoms with van der Waals surface area (Å²) >= 11 is 1.50. The zero-order valence-corrected chi connectivity index (χ0v) is 19.9. The fourth-order valence-electron chi connectivity index (χ4n) is 4.41. The largest absolute Gasteiger partial charge is 0.354 e. The van der Waals surface area contributed by atoms with Crippen molar-refractivity contribution >= 4 is 34.1 Å². The number of anilines is 1. The third-order valence-corrected chi connectivity index (χ3v) is 6.88. The molecule has 7 nitrogen and oxygen atoms in total. The van der Waals surface area contributed by atoms with Crippen LogP contribution in [0.2, 0.25) is 0 Å². The van der Waals surface area contributed by atoms with Gasteiger partial charge in [-0.05, 0) is 43.3 Å². The van der Waals surface area contributed by atoms with E-state index in [2.05, 4.69) is 11.8 Å². The number of nitrogens with zero attached hydrogens (tertiary/aromatic N) is 6. The fourth-order valence-corrected chi connectivity index (χ4v) is 5.10. The van der Waals surface area contributed by atoms with Crippen LogP contribution < -0.4 is 4.90 Å². The monoisotopic (exact) mass is 460 g/mol. The van der Waals surface area contributed by atoms with Crippen molar-refractivity contribution in [1.29, 1.82) is 0 Å². The van der Waals surface area contributed by atoms with E-state index in [9.17, 15) is 4.79 Å². The maximum absolute atomic E-state index is 12.9. The molecule has 0 atom stereocenters. The lowest BCUT2D eigenvalue weighted by Gasteiger charge is -2.24. The van der Waals surface area contributed by atoms with Crippen LogP contribution in [0, 0.1) is 6.92 Å². The number of thiophene rings is 1. The molecule has 1 aliphatic rings. The summed E-state index contributed by atoms with van der Waals surface area (Å²) in [4.78, 5) is 27.9. The molecule has 1 fully saturated rings. The molecule has 5 rings (SSSR count). The number of aromatic nitrogens is 4. The smallest absolute Gasteiger partial charge is 0.263 e. The fraction of sp³-hybridized carbons (Fsp3) is 0.360. The zero-order chi connectivity index (χ0) is 22.8. The Balaban J connectivity index is 1.52. The highest BCUT2D eigenvalue weighted by atomic mass is 32.1. The van der Waals surface area contributed by atoms with Gasteiger partial charge in [-0.2, -0.15) is 5.10 Å². The number of para-hydroxylation sites is 1. The van der Waals surface area contributed by atoms with Crippen LogP contribution >= 0.6 is 11.3 Å². The predicted octanol–water partition coefficient (Wildman–Crippen LogP) is 4.49. The van der Waals surface area contributed by atoms with E-state index in [1.165, 1.54) is 11.3 Å². The van der Waals surface area contributed by atoms with Gasteiger partial charge in [0.25, 0.3) is 5.91 Å². The molecular formula is C25H28N6OS. The molecule has 0 aliphatic carbocycles. The topological polar surface area (TPSA) is 67.2 Å². The average Bonchev–Trinajstić information content (AvgIpc) is 3.41. The Labute approximate surface area is 197 Å². The van der Waals surface area contributed by atoms with Gasteiger partial charge in [0.15, 0.2) is 5.65 Å². The van der Waals surface area contributed by atoms with E-state index in [1.807, 2.05) is 64.4 Å². The molecule has 3 aromatic heterocycles. The van der Waals surface area contributed by atoms with Crippen LogP contribution in [0.3, 0.4) is 0 Å². The minimum Gasteiger partial charge on any atom is -0.354 e. The molecule has 4 aromatic rings. The highest BCUT2D eigenvalue weighted by molar-refractivity contribution is 7.12. The molecule has 0 bridgehead atoms. The minimum atomic E-state index is 0.124. The first-order chi connectivity index (χ1) is 16.2. The van der Waals surface area contributed by atoms with Gasteiger partial charge in [0.2, 0.25) is 0 Å². The lowest BCUT2D eigenvalue weighted by Crippen LogP contribution is -2.35. The van der Waals surface area contributed by atoms with Crippen LogP contribution in [0.4, 0.5) is 5.82 Å². The van der Waals surface area contributed by atoms with E-state index >= 15 is 0 Å². The summed E-state index contributed by atoms with van der Waals surface area (Å²) in [5.41, 5.74) is 2.76. The SMILES string of the molecule is CCCc1nc(N2CCCN(C(=O)c3cccs3)CC2)c2c(C)nn(-c3ccccc3)c2n1. The van der Waals surface area contributed by atoms with Gasteiger partial charge >= 0.3 is 0 Å². The van der Waals surface area contributed by atoms with Crippen LogP contribution in [0.1, 0.15) is 41.0 Å². The number of amides is 1. The lowest BCUT2D eigenvalue weighted by atomic mass is 10.2. The summed E-state index contributed by atoms with van der Waals surface area (Å²) in [6.07, 6.45) is 2.70. The van der Waals surface area contributed by atoms with Crippen molar-refractivity contribution in [3.63, 3.8) is 0 Å². The average molecular weight is 461 g/mol. The first-order valence-corrected chi connectivity index (χ1v) is 12.4. The van der Waals surface area contributed by atoms with Gasteiger partial charge < -0.3 is 9.80 Å². The molecule has 0 spiro atoms. The molecule has 1 amide bonds. The normalized spacial score (nSPS) is 14.6. The van der Waals surface area contributed by atoms with Crippen LogP contribution in [0.5, 0.6) is 0 Å². The number of aryl methyl sites for hydroxylation is 2. The van der Waals surface area contributed by atoms with Gasteiger partial charge in [0.05, 0.1) is 21.6 Å². The second-order valence-electron chi connectivity index (χ2n) is 8.35. The van der Waals surface area contributed by atoms with E-state index in [-0.39, 0.29) is 5.91 Å². The Kier molecular flexibility index (Phi) is 6.09. The maximum atomic E-state index is 12.9. The van der Waals surface area contributed by atoms with Crippen molar-refractivity contribution in [2.75, 3.05) is 31.1 Å². The number of rotatable bonds is 5. The van der Waals surface area contributed by atoms with E-state index in [0.29, 0.717) is 6.54 Å². The molecule has 1 saturated heterocycles. The van der Waals surface area contributed by atoms with Crippen molar-refractivity contribution in [3.8, 4) is 5.69 Å². The molecule has 33 heavy (non-hydrogen) atoms. The number of fused-ring (bicyclic) bond motifs is 1. The molecule has 170 valence electrons. The lowest BCUT2D eigenvalue weighted by molar-refractivity contribution is 0.0772. The second-order valence-corrected chi connectivity index (χ2v) is 9.30. The summed E-state index contributed by atoms with van der Waals surface area (Å²) in [6, 6.07) is 14.0. The molecule has 0 N–H and O–H groups in total. The molecule has 4 heterocycles. The van der Waals surface area contributed by atoms with Crippen molar-refractivity contribution in [3.05, 3.63) is 64.2 Å². The minimum absolute atomic E-state index is 0.124. The Morgan fingerprint density at radius 3 is 2.64 bits per heavy atom. The number of hydrogen-bond acceptors (Lipinski definition) is 6. The maximum Gasteiger partial charge on any atom is 0.263 e. The molecule has 0 unspecified atom stereocenters. The quantitative estimate of drug-likeness (QED) is 0.439. The summed E-state index contributed by atoms with van der Waals surface area (Å²) in [5.74, 6) is 1.90. The Hall–Kier alpha value is -3.26. The van der Waals surface area contributed by atoms with Crippen molar-refractivity contribution in [2.45, 2.75) is 33.1 Å². The van der Waals surface area contributed by atoms with Crippen LogP contribution in [-0.2, 0) is 6.42 Å². The number of benzene rings is 1. The molecule has 1 aliphatic heterocycles. The molecular weight excluding hydrogens is 432 g/mol. The summed E-state index contributed by atoms with van der Waals surface area (Å²) in [5, 5.41) is 7.79. The van der Waals surface area contributed by atoms with E-state index in [1.54, 1.807) is 0 Å².